The number of amides is 1. The van der Waals surface area contributed by atoms with Crippen LogP contribution in [0.3, 0.4) is 0 Å². The first-order chi connectivity index (χ1) is 10.2. The highest BCUT2D eigenvalue weighted by molar-refractivity contribution is 7.80. The molecule has 0 bridgehead atoms. The fraction of sp³-hybridized carbons (Fsp3) is 0.467. The highest BCUT2D eigenvalue weighted by Gasteiger charge is 2.42. The molecule has 3 N–H and O–H groups in total. The van der Waals surface area contributed by atoms with Gasteiger partial charge in [-0.05, 0) is 41.9 Å². The maximum atomic E-state index is 12.0. The molecule has 0 saturated carbocycles. The summed E-state index contributed by atoms with van der Waals surface area (Å²) >= 11 is 5.41. The highest BCUT2D eigenvalue weighted by atomic mass is 32.1. The van der Waals surface area contributed by atoms with Gasteiger partial charge in [0.05, 0.1) is 6.04 Å². The summed E-state index contributed by atoms with van der Waals surface area (Å²) in [4.78, 5) is 14.1. The van der Waals surface area contributed by atoms with Crippen molar-refractivity contribution in [2.24, 2.45) is 0 Å². The second kappa shape index (κ2) is 5.05. The van der Waals surface area contributed by atoms with Crippen LogP contribution in [0.4, 0.5) is 0 Å². The van der Waals surface area contributed by atoms with E-state index in [-0.39, 0.29) is 18.0 Å². The van der Waals surface area contributed by atoms with Gasteiger partial charge in [0, 0.05) is 19.6 Å². The summed E-state index contributed by atoms with van der Waals surface area (Å²) in [6.07, 6.45) is 0.964. The number of nitrogens with zero attached hydrogens (tertiary/aromatic N) is 1. The minimum atomic E-state index is -0.133. The largest absolute Gasteiger partial charge is 0.339 e. The number of benzene rings is 1. The lowest BCUT2D eigenvalue weighted by Gasteiger charge is -2.39. The first-order valence-corrected chi connectivity index (χ1v) is 7.80. The molecule has 6 heteroatoms. The lowest BCUT2D eigenvalue weighted by Crippen LogP contribution is -2.63. The van der Waals surface area contributed by atoms with Crippen LogP contribution < -0.4 is 16.0 Å². The molecule has 110 valence electrons. The van der Waals surface area contributed by atoms with Crippen LogP contribution >= 0.6 is 12.2 Å². The molecule has 2 unspecified atom stereocenters. The summed E-state index contributed by atoms with van der Waals surface area (Å²) in [5.74, 6) is 0.0127. The quantitative estimate of drug-likeness (QED) is 0.683. The van der Waals surface area contributed by atoms with E-state index in [1.165, 1.54) is 16.7 Å². The number of thiocarbonyl (C=S) groups is 1. The van der Waals surface area contributed by atoms with E-state index in [0.29, 0.717) is 5.11 Å². The smallest absolute Gasteiger partial charge is 0.245 e. The molecule has 4 rings (SSSR count). The van der Waals surface area contributed by atoms with E-state index in [1.807, 2.05) is 0 Å². The summed E-state index contributed by atoms with van der Waals surface area (Å²) < 4.78 is 0. The van der Waals surface area contributed by atoms with Crippen LogP contribution in [0, 0.1) is 0 Å². The monoisotopic (exact) mass is 302 g/mol. The Bertz CT molecular complexity index is 618. The van der Waals surface area contributed by atoms with Crippen LogP contribution in [0.2, 0.25) is 0 Å². The Hall–Kier alpha value is -1.50. The van der Waals surface area contributed by atoms with E-state index in [0.717, 1.165) is 32.6 Å². The van der Waals surface area contributed by atoms with Crippen LogP contribution in [0.5, 0.6) is 0 Å². The Balaban J connectivity index is 1.63. The number of nitrogens with one attached hydrogen (secondary N) is 3. The predicted molar refractivity (Wildman–Crippen MR) is 83.5 cm³/mol. The van der Waals surface area contributed by atoms with Crippen molar-refractivity contribution in [2.75, 3.05) is 6.54 Å². The van der Waals surface area contributed by atoms with Gasteiger partial charge in [0.1, 0.15) is 6.04 Å². The molecule has 3 aliphatic heterocycles. The fourth-order valence-electron chi connectivity index (χ4n) is 3.62. The van der Waals surface area contributed by atoms with Crippen molar-refractivity contribution >= 4 is 23.2 Å². The maximum Gasteiger partial charge on any atom is 0.245 e. The van der Waals surface area contributed by atoms with E-state index >= 15 is 0 Å². The van der Waals surface area contributed by atoms with Gasteiger partial charge in [-0.2, -0.15) is 0 Å². The van der Waals surface area contributed by atoms with Gasteiger partial charge in [-0.3, -0.25) is 4.79 Å². The standard InChI is InChI=1S/C15H18N4OS/c20-14-13-12(4-5-17-13)19(15(21)18-14)8-10-3-1-2-9-6-16-7-11(9)10/h1-3,12-13,16-17H,4-8H2,(H,18,20,21). The number of carbonyl (C=O) groups excluding carboxylic acids is 1. The lowest BCUT2D eigenvalue weighted by molar-refractivity contribution is -0.123. The van der Waals surface area contributed by atoms with Crippen LogP contribution in [0.15, 0.2) is 18.2 Å². The third-order valence-corrected chi connectivity index (χ3v) is 5.03. The minimum absolute atomic E-state index is 0.0127. The molecule has 3 aliphatic rings. The lowest BCUT2D eigenvalue weighted by atomic mass is 10.00. The van der Waals surface area contributed by atoms with Crippen molar-refractivity contribution in [1.29, 1.82) is 0 Å². The number of fused-ring (bicyclic) bond motifs is 2. The first kappa shape index (κ1) is 13.2. The fourth-order valence-corrected chi connectivity index (χ4v) is 3.92. The van der Waals surface area contributed by atoms with Crippen molar-refractivity contribution < 1.29 is 4.79 Å². The molecular weight excluding hydrogens is 284 g/mol. The van der Waals surface area contributed by atoms with Gasteiger partial charge in [0.25, 0.3) is 0 Å². The van der Waals surface area contributed by atoms with Crippen molar-refractivity contribution in [3.8, 4) is 0 Å². The van der Waals surface area contributed by atoms with E-state index in [1.54, 1.807) is 0 Å². The summed E-state index contributed by atoms with van der Waals surface area (Å²) in [6, 6.07) is 6.50. The van der Waals surface area contributed by atoms with Gasteiger partial charge in [-0.25, -0.2) is 0 Å². The van der Waals surface area contributed by atoms with E-state index in [2.05, 4.69) is 39.0 Å². The summed E-state index contributed by atoms with van der Waals surface area (Å²) in [5, 5.41) is 10.1. The van der Waals surface area contributed by atoms with E-state index in [9.17, 15) is 4.79 Å². The number of hydrogen-bond acceptors (Lipinski definition) is 4. The van der Waals surface area contributed by atoms with Crippen molar-refractivity contribution in [1.82, 2.24) is 20.9 Å². The van der Waals surface area contributed by atoms with Crippen LogP contribution in [0.1, 0.15) is 23.1 Å². The zero-order valence-electron chi connectivity index (χ0n) is 11.7. The van der Waals surface area contributed by atoms with Crippen molar-refractivity contribution in [2.45, 2.75) is 38.1 Å². The molecule has 1 aromatic rings. The topological polar surface area (TPSA) is 56.4 Å². The molecule has 0 radical (unpaired) electrons. The average Bonchev–Trinajstić information content (AvgIpc) is 3.12. The molecule has 5 nitrogen and oxygen atoms in total. The normalized spacial score (nSPS) is 27.5. The Morgan fingerprint density at radius 2 is 2.24 bits per heavy atom. The molecule has 0 aliphatic carbocycles. The maximum absolute atomic E-state index is 12.0. The summed E-state index contributed by atoms with van der Waals surface area (Å²) in [6.45, 7) is 3.51. The predicted octanol–water partition coefficient (Wildman–Crippen LogP) is 0.237. The van der Waals surface area contributed by atoms with Gasteiger partial charge in [-0.1, -0.05) is 18.2 Å². The van der Waals surface area contributed by atoms with Gasteiger partial charge >= 0.3 is 0 Å². The second-order valence-corrected chi connectivity index (χ2v) is 6.26. The third-order valence-electron chi connectivity index (χ3n) is 4.69. The van der Waals surface area contributed by atoms with Gasteiger partial charge < -0.3 is 20.9 Å². The van der Waals surface area contributed by atoms with Crippen LogP contribution in [0.25, 0.3) is 0 Å². The summed E-state index contributed by atoms with van der Waals surface area (Å²) in [7, 11) is 0. The van der Waals surface area contributed by atoms with Gasteiger partial charge in [0.15, 0.2) is 5.11 Å². The molecule has 2 saturated heterocycles. The number of carbonyl (C=O) groups is 1. The molecular formula is C15H18N4OS. The minimum Gasteiger partial charge on any atom is -0.339 e. The SMILES string of the molecule is O=C1NC(=S)N(Cc2cccc3c2CNC3)C2CCNC12. The molecule has 2 atom stereocenters. The van der Waals surface area contributed by atoms with Crippen molar-refractivity contribution in [3.05, 3.63) is 34.9 Å². The Morgan fingerprint density at radius 3 is 3.14 bits per heavy atom. The molecule has 2 fully saturated rings. The third kappa shape index (κ3) is 2.14. The van der Waals surface area contributed by atoms with Gasteiger partial charge in [-0.15, -0.1) is 0 Å². The molecule has 1 amide bonds. The molecule has 1 aromatic carbocycles. The first-order valence-electron chi connectivity index (χ1n) is 7.39. The highest BCUT2D eigenvalue weighted by Crippen LogP contribution is 2.26. The Morgan fingerprint density at radius 1 is 1.33 bits per heavy atom. The molecule has 21 heavy (non-hydrogen) atoms. The van der Waals surface area contributed by atoms with E-state index < -0.39 is 0 Å². The molecule has 0 spiro atoms. The number of rotatable bonds is 2. The van der Waals surface area contributed by atoms with Crippen LogP contribution in [-0.2, 0) is 24.4 Å². The average molecular weight is 302 g/mol. The summed E-state index contributed by atoms with van der Waals surface area (Å²) in [5.41, 5.74) is 4.07. The van der Waals surface area contributed by atoms with E-state index in [4.69, 9.17) is 12.2 Å². The van der Waals surface area contributed by atoms with Gasteiger partial charge in [0.2, 0.25) is 5.91 Å². The van der Waals surface area contributed by atoms with Crippen molar-refractivity contribution in [3.63, 3.8) is 0 Å². The Labute approximate surface area is 129 Å². The molecule has 0 aromatic heterocycles. The molecule has 3 heterocycles. The Kier molecular flexibility index (Phi) is 3.17. The zero-order chi connectivity index (χ0) is 14.4. The number of hydrogen-bond donors (Lipinski definition) is 3. The zero-order valence-corrected chi connectivity index (χ0v) is 12.5. The second-order valence-electron chi connectivity index (χ2n) is 5.87. The van der Waals surface area contributed by atoms with Crippen LogP contribution in [-0.4, -0.2) is 34.5 Å².